The summed E-state index contributed by atoms with van der Waals surface area (Å²) in [6.45, 7) is 11.1. The molecule has 0 saturated carbocycles. The Balaban J connectivity index is 4.21. The molecule has 0 spiro atoms. The quantitative estimate of drug-likeness (QED) is 0.417. The summed E-state index contributed by atoms with van der Waals surface area (Å²) >= 11 is 0. The Kier molecular flexibility index (Phi) is 4.21. The summed E-state index contributed by atoms with van der Waals surface area (Å²) in [5.74, 6) is 0. The van der Waals surface area contributed by atoms with Gasteiger partial charge in [0, 0.05) is 11.9 Å². The molecule has 0 bridgehead atoms. The molecule has 0 aromatic carbocycles. The van der Waals surface area contributed by atoms with Gasteiger partial charge >= 0.3 is 0 Å². The highest BCUT2D eigenvalue weighted by atomic mass is 14.7. The van der Waals surface area contributed by atoms with Crippen molar-refractivity contribution < 1.29 is 0 Å². The highest BCUT2D eigenvalue weighted by molar-refractivity contribution is 6.00. The lowest BCUT2D eigenvalue weighted by molar-refractivity contribution is 1.52. The maximum atomic E-state index is 3.97. The molecule has 0 aromatic heterocycles. The van der Waals surface area contributed by atoms with Crippen molar-refractivity contribution in [1.82, 2.24) is 0 Å². The first-order valence-corrected chi connectivity index (χ1v) is 3.19. The van der Waals surface area contributed by atoms with Gasteiger partial charge in [-0.05, 0) is 19.4 Å². The lowest BCUT2D eigenvalue weighted by Crippen LogP contribution is -1.90. The molecule has 0 aliphatic carbocycles. The summed E-state index contributed by atoms with van der Waals surface area (Å²) in [5, 5.41) is 0. The Hall–Kier alpha value is -1.11. The van der Waals surface area contributed by atoms with Crippen LogP contribution in [0.1, 0.15) is 13.8 Å². The molecule has 1 heteroatoms. The normalized spacial score (nSPS) is 12.0. The van der Waals surface area contributed by atoms with E-state index in [2.05, 4.69) is 18.2 Å². The fourth-order valence-corrected chi connectivity index (χ4v) is 0.542. The first-order valence-electron chi connectivity index (χ1n) is 3.19. The maximum absolute atomic E-state index is 3.97. The first kappa shape index (κ1) is 8.89. The minimum Gasteiger partial charge on any atom is -0.262 e. The van der Waals surface area contributed by atoms with Crippen LogP contribution in [0.4, 0.5) is 0 Å². The van der Waals surface area contributed by atoms with E-state index < -0.39 is 0 Å². The number of nitrogens with zero attached hydrogens (tertiary/aromatic N) is 1. The van der Waals surface area contributed by atoms with Gasteiger partial charge in [0.1, 0.15) is 0 Å². The predicted molar refractivity (Wildman–Crippen MR) is 47.3 cm³/mol. The van der Waals surface area contributed by atoms with E-state index in [1.54, 1.807) is 0 Å². The maximum Gasteiger partial charge on any atom is 0.0438 e. The average Bonchev–Trinajstić information content (AvgIpc) is 1.89. The number of hydrogen-bond donors (Lipinski definition) is 0. The monoisotopic (exact) mass is 135 g/mol. The van der Waals surface area contributed by atoms with Crippen LogP contribution in [-0.2, 0) is 0 Å². The molecule has 0 aliphatic heterocycles. The van der Waals surface area contributed by atoms with Crippen LogP contribution >= 0.6 is 0 Å². The summed E-state index contributed by atoms with van der Waals surface area (Å²) < 4.78 is 0. The van der Waals surface area contributed by atoms with E-state index in [0.29, 0.717) is 0 Å². The van der Waals surface area contributed by atoms with Gasteiger partial charge < -0.3 is 0 Å². The van der Waals surface area contributed by atoms with E-state index in [-0.39, 0.29) is 0 Å². The summed E-state index contributed by atoms with van der Waals surface area (Å²) in [7, 11) is 0. The third-order valence-electron chi connectivity index (χ3n) is 1.12. The van der Waals surface area contributed by atoms with E-state index >= 15 is 0 Å². The van der Waals surface area contributed by atoms with Crippen molar-refractivity contribution in [2.24, 2.45) is 4.99 Å². The van der Waals surface area contributed by atoms with Gasteiger partial charge in [0.25, 0.3) is 0 Å². The summed E-state index contributed by atoms with van der Waals surface area (Å²) in [6, 6.07) is 0. The summed E-state index contributed by atoms with van der Waals surface area (Å²) in [5.41, 5.74) is 1.84. The van der Waals surface area contributed by atoms with E-state index in [0.717, 1.165) is 11.3 Å². The van der Waals surface area contributed by atoms with Crippen LogP contribution in [-0.4, -0.2) is 5.71 Å². The Bertz CT molecular complexity index is 185. The molecule has 0 unspecified atom stereocenters. The molecule has 10 heavy (non-hydrogen) atoms. The fraction of sp³-hybridized carbons (Fsp3) is 0.222. The molecule has 0 atom stereocenters. The molecule has 0 aliphatic rings. The average molecular weight is 135 g/mol. The Morgan fingerprint density at radius 3 is 2.50 bits per heavy atom. The molecule has 54 valence electrons. The van der Waals surface area contributed by atoms with Crippen molar-refractivity contribution in [2.75, 3.05) is 0 Å². The van der Waals surface area contributed by atoms with E-state index in [9.17, 15) is 0 Å². The molecule has 0 fully saturated rings. The third-order valence-corrected chi connectivity index (χ3v) is 1.12. The van der Waals surface area contributed by atoms with Gasteiger partial charge in [0.05, 0.1) is 0 Å². The van der Waals surface area contributed by atoms with Crippen LogP contribution in [0.3, 0.4) is 0 Å². The molecule has 0 amide bonds. The second-order valence-electron chi connectivity index (χ2n) is 1.92. The second-order valence-corrected chi connectivity index (χ2v) is 1.92. The topological polar surface area (TPSA) is 12.4 Å². The zero-order valence-electron chi connectivity index (χ0n) is 6.59. The van der Waals surface area contributed by atoms with Crippen LogP contribution in [0, 0.1) is 0 Å². The molecule has 0 rings (SSSR count). The van der Waals surface area contributed by atoms with Crippen molar-refractivity contribution >= 4 is 5.71 Å². The highest BCUT2D eigenvalue weighted by Crippen LogP contribution is 1.96. The SMILES string of the molecule is C=CN=C(C)C(=C)/C=C\C. The van der Waals surface area contributed by atoms with E-state index in [4.69, 9.17) is 0 Å². The van der Waals surface area contributed by atoms with Gasteiger partial charge in [-0.1, -0.05) is 25.3 Å². The minimum atomic E-state index is 0.910. The molecule has 0 aromatic rings. The third kappa shape index (κ3) is 3.02. The Morgan fingerprint density at radius 2 is 2.10 bits per heavy atom. The van der Waals surface area contributed by atoms with Crippen LogP contribution < -0.4 is 0 Å². The minimum absolute atomic E-state index is 0.910. The standard InChI is InChI=1S/C9H13N/c1-5-7-8(3)9(4)10-6-2/h5-7H,2-3H2,1,4H3/b7-5-,10-9?. The van der Waals surface area contributed by atoms with Gasteiger partial charge in [-0.15, -0.1) is 0 Å². The Labute approximate surface area is 62.5 Å². The smallest absolute Gasteiger partial charge is 0.0438 e. The molecule has 0 heterocycles. The number of hydrogen-bond acceptors (Lipinski definition) is 1. The zero-order valence-corrected chi connectivity index (χ0v) is 6.59. The zero-order chi connectivity index (χ0) is 7.98. The largest absolute Gasteiger partial charge is 0.262 e. The molecule has 0 saturated heterocycles. The molecular weight excluding hydrogens is 122 g/mol. The van der Waals surface area contributed by atoms with Crippen LogP contribution in [0.15, 0.2) is 42.1 Å². The fourth-order valence-electron chi connectivity index (χ4n) is 0.542. The summed E-state index contributed by atoms with van der Waals surface area (Å²) in [4.78, 5) is 3.97. The lowest BCUT2D eigenvalue weighted by Gasteiger charge is -1.94. The van der Waals surface area contributed by atoms with Crippen molar-refractivity contribution in [1.29, 1.82) is 0 Å². The van der Waals surface area contributed by atoms with Crippen LogP contribution in [0.25, 0.3) is 0 Å². The van der Waals surface area contributed by atoms with Gasteiger partial charge in [0.2, 0.25) is 0 Å². The van der Waals surface area contributed by atoms with Crippen LogP contribution in [0.5, 0.6) is 0 Å². The first-order chi connectivity index (χ1) is 4.72. The number of aliphatic imine (C=N–C) groups is 1. The summed E-state index contributed by atoms with van der Waals surface area (Å²) in [6.07, 6.45) is 5.37. The Morgan fingerprint density at radius 1 is 1.50 bits per heavy atom. The van der Waals surface area contributed by atoms with Gasteiger partial charge in [0.15, 0.2) is 0 Å². The van der Waals surface area contributed by atoms with E-state index in [1.807, 2.05) is 26.0 Å². The van der Waals surface area contributed by atoms with Gasteiger partial charge in [-0.25, -0.2) is 0 Å². The van der Waals surface area contributed by atoms with E-state index in [1.165, 1.54) is 6.20 Å². The van der Waals surface area contributed by atoms with Gasteiger partial charge in [-0.3, -0.25) is 4.99 Å². The van der Waals surface area contributed by atoms with Gasteiger partial charge in [-0.2, -0.15) is 0 Å². The predicted octanol–water partition coefficient (Wildman–Crippen LogP) is 2.72. The number of allylic oxidation sites excluding steroid dienone is 3. The van der Waals surface area contributed by atoms with Crippen LogP contribution in [0.2, 0.25) is 0 Å². The highest BCUT2D eigenvalue weighted by Gasteiger charge is 1.89. The molecule has 1 nitrogen and oxygen atoms in total. The molecule has 0 radical (unpaired) electrons. The van der Waals surface area contributed by atoms with Crippen molar-refractivity contribution in [3.05, 3.63) is 37.1 Å². The molecule has 0 N–H and O–H groups in total. The van der Waals surface area contributed by atoms with Crippen molar-refractivity contribution in [3.63, 3.8) is 0 Å². The lowest BCUT2D eigenvalue weighted by atomic mass is 10.2. The van der Waals surface area contributed by atoms with Crippen molar-refractivity contribution in [3.8, 4) is 0 Å². The number of rotatable bonds is 3. The van der Waals surface area contributed by atoms with Crippen molar-refractivity contribution in [2.45, 2.75) is 13.8 Å². The molecular formula is C9H13N. The second kappa shape index (κ2) is 4.74.